The number of hydrogen-bond acceptors (Lipinski definition) is 6. The predicted molar refractivity (Wildman–Crippen MR) is 334 cm³/mol. The number of carbonyl (C=O) groups excluding carboxylic acids is 3. The summed E-state index contributed by atoms with van der Waals surface area (Å²) in [5.74, 6) is -0.902. The third kappa shape index (κ3) is 63.3. The Bertz CT molecular complexity index is 1470. The van der Waals surface area contributed by atoms with E-state index in [4.69, 9.17) is 14.2 Å². The molecular weight excluding hydrogens is 949 g/mol. The second kappa shape index (κ2) is 65.1. The fourth-order valence-electron chi connectivity index (χ4n) is 9.41. The number of rotatable bonds is 60. The van der Waals surface area contributed by atoms with E-state index >= 15 is 0 Å². The first-order chi connectivity index (χ1) is 38.0. The lowest BCUT2D eigenvalue weighted by Gasteiger charge is -2.18. The zero-order valence-corrected chi connectivity index (χ0v) is 51.0. The van der Waals surface area contributed by atoms with E-state index in [2.05, 4.69) is 106 Å². The van der Waals surface area contributed by atoms with Gasteiger partial charge < -0.3 is 14.2 Å². The van der Waals surface area contributed by atoms with Crippen LogP contribution in [0.1, 0.15) is 329 Å². The zero-order valence-electron chi connectivity index (χ0n) is 51.0. The molecule has 0 saturated carbocycles. The monoisotopic (exact) mass is 1070 g/mol. The van der Waals surface area contributed by atoms with Crippen molar-refractivity contribution in [3.8, 4) is 0 Å². The van der Waals surface area contributed by atoms with Crippen molar-refractivity contribution in [3.63, 3.8) is 0 Å². The van der Waals surface area contributed by atoms with Gasteiger partial charge in [-0.25, -0.2) is 0 Å². The van der Waals surface area contributed by atoms with Gasteiger partial charge in [-0.2, -0.15) is 0 Å². The van der Waals surface area contributed by atoms with E-state index in [1.54, 1.807) is 0 Å². The van der Waals surface area contributed by atoms with Gasteiger partial charge in [0.05, 0.1) is 0 Å². The van der Waals surface area contributed by atoms with E-state index in [0.29, 0.717) is 19.3 Å². The van der Waals surface area contributed by atoms with Crippen molar-refractivity contribution in [2.24, 2.45) is 0 Å². The highest BCUT2D eigenvalue weighted by Gasteiger charge is 2.19. The van der Waals surface area contributed by atoms with Crippen LogP contribution in [0.3, 0.4) is 0 Å². The molecule has 1 unspecified atom stereocenters. The number of carbonyl (C=O) groups is 3. The Morgan fingerprint density at radius 3 is 0.857 bits per heavy atom. The third-order valence-electron chi connectivity index (χ3n) is 14.3. The highest BCUT2D eigenvalue weighted by molar-refractivity contribution is 5.71. The van der Waals surface area contributed by atoms with Gasteiger partial charge >= 0.3 is 17.9 Å². The molecule has 1 atom stereocenters. The van der Waals surface area contributed by atoms with E-state index in [0.717, 1.165) is 128 Å². The number of hydrogen-bond donors (Lipinski definition) is 0. The fourth-order valence-corrected chi connectivity index (χ4v) is 9.41. The minimum atomic E-state index is -0.791. The highest BCUT2D eigenvalue weighted by Crippen LogP contribution is 2.17. The van der Waals surface area contributed by atoms with Gasteiger partial charge in [0, 0.05) is 19.3 Å². The van der Waals surface area contributed by atoms with E-state index < -0.39 is 6.10 Å². The van der Waals surface area contributed by atoms with Gasteiger partial charge in [0.2, 0.25) is 0 Å². The molecule has 0 aliphatic rings. The second-order valence-electron chi connectivity index (χ2n) is 22.0. The topological polar surface area (TPSA) is 78.9 Å². The molecule has 0 aromatic carbocycles. The number of unbranched alkanes of at least 4 members (excludes halogenated alkanes) is 35. The van der Waals surface area contributed by atoms with Crippen molar-refractivity contribution in [1.82, 2.24) is 0 Å². The van der Waals surface area contributed by atoms with Crippen LogP contribution in [0.2, 0.25) is 0 Å². The molecule has 444 valence electrons. The molecule has 0 saturated heterocycles. The van der Waals surface area contributed by atoms with Crippen molar-refractivity contribution in [2.45, 2.75) is 335 Å². The lowest BCUT2D eigenvalue weighted by Crippen LogP contribution is -2.30. The van der Waals surface area contributed by atoms with Gasteiger partial charge in [-0.1, -0.05) is 286 Å². The lowest BCUT2D eigenvalue weighted by molar-refractivity contribution is -0.167. The molecule has 0 aliphatic heterocycles. The summed E-state index contributed by atoms with van der Waals surface area (Å²) in [6.07, 6.45) is 86.0. The standard InChI is InChI=1S/C71H124O6/c1-4-7-10-13-16-19-22-25-27-29-31-32-33-34-35-36-37-38-40-41-43-46-49-52-55-58-61-64-70(73)76-67-68(66-75-69(72)63-60-57-54-51-48-45-24-21-18-15-12-9-6-3)77-71(74)65-62-59-56-53-50-47-44-42-39-30-28-26-23-20-17-14-11-8-5-2/h8,11-12,15,17,20-21,24,26,28-29,31,39,42,68H,4-7,9-10,13-14,16,18-19,22-23,25,27,30,32-38,40-41,43-67H2,1-3H3/b11-8-,15-12-,20-17-,24-21-,28-26-,31-29-,42-39-. The molecule has 0 aromatic rings. The Hall–Kier alpha value is -3.41. The van der Waals surface area contributed by atoms with Crippen molar-refractivity contribution < 1.29 is 28.6 Å². The predicted octanol–water partition coefficient (Wildman–Crippen LogP) is 22.7. The van der Waals surface area contributed by atoms with Crippen LogP contribution in [-0.2, 0) is 28.6 Å². The quantitative estimate of drug-likeness (QED) is 0.0261. The first-order valence-electron chi connectivity index (χ1n) is 33.1. The molecule has 6 nitrogen and oxygen atoms in total. The van der Waals surface area contributed by atoms with Crippen LogP contribution in [0.4, 0.5) is 0 Å². The Kier molecular flexibility index (Phi) is 62.2. The summed E-state index contributed by atoms with van der Waals surface area (Å²) in [5, 5.41) is 0. The summed E-state index contributed by atoms with van der Waals surface area (Å²) in [4.78, 5) is 38.3. The Morgan fingerprint density at radius 2 is 0.532 bits per heavy atom. The fraction of sp³-hybridized carbons (Fsp3) is 0.761. The van der Waals surface area contributed by atoms with Gasteiger partial charge in [0.25, 0.3) is 0 Å². The van der Waals surface area contributed by atoms with Crippen LogP contribution in [0.15, 0.2) is 85.1 Å². The van der Waals surface area contributed by atoms with E-state index in [9.17, 15) is 14.4 Å². The molecule has 77 heavy (non-hydrogen) atoms. The molecular formula is C71H124O6. The van der Waals surface area contributed by atoms with E-state index in [1.807, 2.05) is 0 Å². The maximum absolute atomic E-state index is 12.9. The molecule has 6 heteroatoms. The molecule has 0 rings (SSSR count). The van der Waals surface area contributed by atoms with Crippen molar-refractivity contribution in [1.29, 1.82) is 0 Å². The van der Waals surface area contributed by atoms with Gasteiger partial charge in [-0.3, -0.25) is 14.4 Å². The van der Waals surface area contributed by atoms with Gasteiger partial charge in [0.1, 0.15) is 13.2 Å². The Morgan fingerprint density at radius 1 is 0.273 bits per heavy atom. The number of allylic oxidation sites excluding steroid dienone is 14. The molecule has 0 bridgehead atoms. The molecule has 0 aromatic heterocycles. The smallest absolute Gasteiger partial charge is 0.306 e. The summed E-state index contributed by atoms with van der Waals surface area (Å²) in [6, 6.07) is 0. The Balaban J connectivity index is 4.27. The average molecular weight is 1070 g/mol. The van der Waals surface area contributed by atoms with Crippen LogP contribution in [-0.4, -0.2) is 37.2 Å². The first kappa shape index (κ1) is 73.6. The summed E-state index contributed by atoms with van der Waals surface area (Å²) in [5.41, 5.74) is 0. The molecule has 0 fully saturated rings. The number of ether oxygens (including phenoxy) is 3. The second-order valence-corrected chi connectivity index (χ2v) is 22.0. The minimum Gasteiger partial charge on any atom is -0.462 e. The maximum Gasteiger partial charge on any atom is 0.306 e. The van der Waals surface area contributed by atoms with Crippen LogP contribution in [0.25, 0.3) is 0 Å². The molecule has 0 radical (unpaired) electrons. The minimum absolute atomic E-state index is 0.0854. The van der Waals surface area contributed by atoms with Crippen LogP contribution >= 0.6 is 0 Å². The van der Waals surface area contributed by atoms with E-state index in [-0.39, 0.29) is 31.1 Å². The molecule has 0 heterocycles. The third-order valence-corrected chi connectivity index (χ3v) is 14.3. The van der Waals surface area contributed by atoms with Crippen LogP contribution < -0.4 is 0 Å². The van der Waals surface area contributed by atoms with Crippen LogP contribution in [0.5, 0.6) is 0 Å². The normalized spacial score (nSPS) is 12.6. The molecule has 0 amide bonds. The van der Waals surface area contributed by atoms with Gasteiger partial charge in [-0.05, 0) is 109 Å². The highest BCUT2D eigenvalue weighted by atomic mass is 16.6. The molecule has 0 N–H and O–H groups in total. The van der Waals surface area contributed by atoms with Crippen molar-refractivity contribution in [2.75, 3.05) is 13.2 Å². The zero-order chi connectivity index (χ0) is 55.7. The lowest BCUT2D eigenvalue weighted by atomic mass is 10.0. The van der Waals surface area contributed by atoms with Gasteiger partial charge in [-0.15, -0.1) is 0 Å². The summed E-state index contributed by atoms with van der Waals surface area (Å²) >= 11 is 0. The van der Waals surface area contributed by atoms with Gasteiger partial charge in [0.15, 0.2) is 6.10 Å². The van der Waals surface area contributed by atoms with Crippen molar-refractivity contribution >= 4 is 17.9 Å². The number of esters is 3. The summed E-state index contributed by atoms with van der Waals surface area (Å²) in [6.45, 7) is 6.47. The van der Waals surface area contributed by atoms with Crippen molar-refractivity contribution in [3.05, 3.63) is 85.1 Å². The maximum atomic E-state index is 12.9. The van der Waals surface area contributed by atoms with Crippen LogP contribution in [0, 0.1) is 0 Å². The van der Waals surface area contributed by atoms with E-state index in [1.165, 1.54) is 161 Å². The molecule has 0 aliphatic carbocycles. The Labute approximate surface area is 477 Å². The SMILES string of the molecule is CC/C=C\C/C=C\C/C=C\C/C=C\CCCCCCCCC(=O)OC(COC(=O)CCCCCCC/C=C\C/C=C\CCC)COC(=O)CCCCCCCCCCCCCCCCC/C=C\CCCCCCCCCC. The summed E-state index contributed by atoms with van der Waals surface area (Å²) in [7, 11) is 0. The molecule has 0 spiro atoms. The summed E-state index contributed by atoms with van der Waals surface area (Å²) < 4.78 is 16.9. The first-order valence-corrected chi connectivity index (χ1v) is 33.1. The largest absolute Gasteiger partial charge is 0.462 e. The average Bonchev–Trinajstić information content (AvgIpc) is 3.43.